The van der Waals surface area contributed by atoms with Crippen LogP contribution < -0.4 is 22.6 Å². The van der Waals surface area contributed by atoms with Gasteiger partial charge in [0, 0.05) is 12.1 Å². The minimum atomic E-state index is 0. The fraction of sp³-hybridized carbons (Fsp3) is 0.333. The SMILES string of the molecule is C[N+](C)(C)c1ccc(O)c(N)c1.[Cl-]. The van der Waals surface area contributed by atoms with Gasteiger partial charge >= 0.3 is 0 Å². The van der Waals surface area contributed by atoms with Crippen LogP contribution in [0.15, 0.2) is 18.2 Å². The molecule has 0 fully saturated rings. The third kappa shape index (κ3) is 2.79. The number of benzene rings is 1. The zero-order chi connectivity index (χ0) is 9.35. The Balaban J connectivity index is 0.00000144. The molecule has 1 aromatic rings. The summed E-state index contributed by atoms with van der Waals surface area (Å²) in [5, 5.41) is 9.18. The molecule has 0 heterocycles. The molecule has 0 aliphatic carbocycles. The van der Waals surface area contributed by atoms with Crippen molar-refractivity contribution in [3.05, 3.63) is 18.2 Å². The van der Waals surface area contributed by atoms with E-state index in [0.29, 0.717) is 10.2 Å². The van der Waals surface area contributed by atoms with Crippen LogP contribution in [-0.4, -0.2) is 26.2 Å². The number of rotatable bonds is 1. The first-order valence-electron chi connectivity index (χ1n) is 3.82. The smallest absolute Gasteiger partial charge is 0.138 e. The average Bonchev–Trinajstić information content (AvgIpc) is 1.92. The quantitative estimate of drug-likeness (QED) is 0.320. The standard InChI is InChI=1S/C9H14N2O.ClH/c1-11(2,3)7-4-5-9(12)8(10)6-7;/h4-6H,10H2,1-3H3;1H. The molecule has 3 nitrogen and oxygen atoms in total. The van der Waals surface area contributed by atoms with E-state index in [1.54, 1.807) is 12.1 Å². The number of hydrogen-bond acceptors (Lipinski definition) is 2. The predicted octanol–water partition coefficient (Wildman–Crippen LogP) is -1.82. The Kier molecular flexibility index (Phi) is 3.58. The molecule has 1 aromatic carbocycles. The number of hydrogen-bond donors (Lipinski definition) is 2. The lowest BCUT2D eigenvalue weighted by molar-refractivity contribution is -0.00000377. The Morgan fingerprint density at radius 1 is 1.23 bits per heavy atom. The molecule has 4 heteroatoms. The molecule has 0 saturated carbocycles. The van der Waals surface area contributed by atoms with Crippen LogP contribution in [0.25, 0.3) is 0 Å². The van der Waals surface area contributed by atoms with E-state index in [4.69, 9.17) is 5.73 Å². The molecule has 0 atom stereocenters. The first-order valence-corrected chi connectivity index (χ1v) is 3.82. The van der Waals surface area contributed by atoms with Gasteiger partial charge in [0.15, 0.2) is 0 Å². The minimum absolute atomic E-state index is 0. The Bertz CT molecular complexity index is 294. The monoisotopic (exact) mass is 202 g/mol. The zero-order valence-electron chi connectivity index (χ0n) is 8.08. The van der Waals surface area contributed by atoms with Crippen molar-refractivity contribution >= 4 is 11.4 Å². The number of phenols is 1. The molecule has 0 unspecified atom stereocenters. The summed E-state index contributed by atoms with van der Waals surface area (Å²) in [5.74, 6) is 0.146. The molecule has 13 heavy (non-hydrogen) atoms. The second-order valence-corrected chi connectivity index (χ2v) is 3.76. The van der Waals surface area contributed by atoms with Crippen LogP contribution >= 0.6 is 0 Å². The van der Waals surface area contributed by atoms with Crippen molar-refractivity contribution in [2.75, 3.05) is 26.9 Å². The summed E-state index contributed by atoms with van der Waals surface area (Å²) in [6.07, 6.45) is 0. The number of halogens is 1. The molecular weight excluding hydrogens is 188 g/mol. The molecule has 74 valence electrons. The molecule has 0 saturated heterocycles. The summed E-state index contributed by atoms with van der Waals surface area (Å²) >= 11 is 0. The molecule has 0 bridgehead atoms. The van der Waals surface area contributed by atoms with Crippen LogP contribution in [0.4, 0.5) is 11.4 Å². The Morgan fingerprint density at radius 3 is 2.15 bits per heavy atom. The number of anilines is 1. The lowest BCUT2D eigenvalue weighted by atomic mass is 10.2. The normalized spacial score (nSPS) is 10.7. The Morgan fingerprint density at radius 2 is 1.77 bits per heavy atom. The van der Waals surface area contributed by atoms with E-state index in [1.165, 1.54) is 0 Å². The van der Waals surface area contributed by atoms with E-state index >= 15 is 0 Å². The maximum Gasteiger partial charge on any atom is 0.138 e. The summed E-state index contributed by atoms with van der Waals surface area (Å²) in [6.45, 7) is 0. The summed E-state index contributed by atoms with van der Waals surface area (Å²) in [4.78, 5) is 0. The second-order valence-electron chi connectivity index (χ2n) is 3.76. The number of phenolic OH excluding ortho intramolecular Hbond substituents is 1. The van der Waals surface area contributed by atoms with Gasteiger partial charge in [0.05, 0.1) is 26.8 Å². The van der Waals surface area contributed by atoms with Gasteiger partial charge in [-0.3, -0.25) is 4.48 Å². The topological polar surface area (TPSA) is 46.2 Å². The highest BCUT2D eigenvalue weighted by atomic mass is 35.5. The van der Waals surface area contributed by atoms with Gasteiger partial charge in [-0.05, 0) is 6.07 Å². The van der Waals surface area contributed by atoms with Crippen molar-refractivity contribution in [2.45, 2.75) is 0 Å². The van der Waals surface area contributed by atoms with E-state index in [0.717, 1.165) is 5.69 Å². The van der Waals surface area contributed by atoms with E-state index in [2.05, 4.69) is 0 Å². The van der Waals surface area contributed by atoms with Crippen LogP contribution in [-0.2, 0) is 0 Å². The molecule has 1 rings (SSSR count). The molecule has 3 N–H and O–H groups in total. The third-order valence-electron chi connectivity index (χ3n) is 1.79. The van der Waals surface area contributed by atoms with Crippen LogP contribution in [0, 0.1) is 0 Å². The highest BCUT2D eigenvalue weighted by molar-refractivity contribution is 5.60. The summed E-state index contributed by atoms with van der Waals surface area (Å²) in [7, 11) is 6.14. The van der Waals surface area contributed by atoms with Crippen molar-refractivity contribution < 1.29 is 17.5 Å². The Labute approximate surface area is 84.8 Å². The van der Waals surface area contributed by atoms with Crippen molar-refractivity contribution in [1.29, 1.82) is 0 Å². The summed E-state index contributed by atoms with van der Waals surface area (Å²) < 4.78 is 0.699. The largest absolute Gasteiger partial charge is 1.00 e. The van der Waals surface area contributed by atoms with Crippen LogP contribution in [0.1, 0.15) is 0 Å². The first kappa shape index (κ1) is 12.1. The molecule has 0 radical (unpaired) electrons. The Hall–Kier alpha value is -0.930. The highest BCUT2D eigenvalue weighted by Gasteiger charge is 2.12. The fourth-order valence-electron chi connectivity index (χ4n) is 0.959. The van der Waals surface area contributed by atoms with Crippen LogP contribution in [0.5, 0.6) is 5.75 Å². The van der Waals surface area contributed by atoms with Crippen molar-refractivity contribution in [2.24, 2.45) is 0 Å². The second kappa shape index (κ2) is 3.85. The minimum Gasteiger partial charge on any atom is -1.00 e. The van der Waals surface area contributed by atoms with Gasteiger partial charge in [0.25, 0.3) is 0 Å². The predicted molar refractivity (Wildman–Crippen MR) is 52.1 cm³/mol. The zero-order valence-corrected chi connectivity index (χ0v) is 8.84. The maximum atomic E-state index is 9.18. The molecule has 0 spiro atoms. The highest BCUT2D eigenvalue weighted by Crippen LogP contribution is 2.26. The number of nitrogens with two attached hydrogens (primary N) is 1. The average molecular weight is 203 g/mol. The van der Waals surface area contributed by atoms with Gasteiger partial charge < -0.3 is 23.2 Å². The van der Waals surface area contributed by atoms with E-state index in [-0.39, 0.29) is 18.2 Å². The van der Waals surface area contributed by atoms with Crippen molar-refractivity contribution in [3.8, 4) is 5.75 Å². The number of nitrogen functional groups attached to an aromatic ring is 1. The number of aromatic hydroxyl groups is 1. The van der Waals surface area contributed by atoms with Gasteiger partial charge in [-0.1, -0.05) is 0 Å². The van der Waals surface area contributed by atoms with Crippen LogP contribution in [0.3, 0.4) is 0 Å². The van der Waals surface area contributed by atoms with Gasteiger partial charge in [-0.2, -0.15) is 0 Å². The fourth-order valence-corrected chi connectivity index (χ4v) is 0.959. The lowest BCUT2D eigenvalue weighted by Gasteiger charge is -2.23. The van der Waals surface area contributed by atoms with Crippen molar-refractivity contribution in [3.63, 3.8) is 0 Å². The van der Waals surface area contributed by atoms with Gasteiger partial charge in [0.1, 0.15) is 11.4 Å². The maximum absolute atomic E-state index is 9.18. The molecule has 0 aliphatic rings. The number of quaternary nitrogens is 1. The third-order valence-corrected chi connectivity index (χ3v) is 1.79. The van der Waals surface area contributed by atoms with Gasteiger partial charge in [-0.25, -0.2) is 0 Å². The van der Waals surface area contributed by atoms with Crippen LogP contribution in [0.2, 0.25) is 0 Å². The summed E-state index contributed by atoms with van der Waals surface area (Å²) in [5.41, 5.74) is 7.06. The summed E-state index contributed by atoms with van der Waals surface area (Å²) in [6, 6.07) is 5.27. The van der Waals surface area contributed by atoms with Gasteiger partial charge in [0.2, 0.25) is 0 Å². The lowest BCUT2D eigenvalue weighted by Crippen LogP contribution is -3.00. The van der Waals surface area contributed by atoms with E-state index < -0.39 is 0 Å². The van der Waals surface area contributed by atoms with Crippen molar-refractivity contribution in [1.82, 2.24) is 4.48 Å². The van der Waals surface area contributed by atoms with E-state index in [9.17, 15) is 5.11 Å². The van der Waals surface area contributed by atoms with Gasteiger partial charge in [-0.15, -0.1) is 0 Å². The number of nitrogens with zero attached hydrogens (tertiary/aromatic N) is 1. The molecular formula is C9H15ClN2O. The first-order chi connectivity index (χ1) is 5.41. The molecule has 0 amide bonds. The molecule has 0 aliphatic heterocycles. The molecule has 0 aromatic heterocycles. The van der Waals surface area contributed by atoms with E-state index in [1.807, 2.05) is 27.2 Å².